The van der Waals surface area contributed by atoms with Crippen molar-refractivity contribution in [1.82, 2.24) is 15.1 Å². The van der Waals surface area contributed by atoms with Crippen LogP contribution in [0.1, 0.15) is 20.8 Å². The smallest absolute Gasteiger partial charge is 0.236 e. The van der Waals surface area contributed by atoms with Gasteiger partial charge in [-0.05, 0) is 20.8 Å². The molecule has 1 unspecified atom stereocenters. The Morgan fingerprint density at radius 2 is 2.22 bits per heavy atom. The maximum absolute atomic E-state index is 12.3. The molecule has 2 rings (SSSR count). The maximum Gasteiger partial charge on any atom is 0.236 e. The molecule has 1 amide bonds. The van der Waals surface area contributed by atoms with Crippen molar-refractivity contribution in [2.24, 2.45) is 0 Å². The molecule has 0 aromatic rings. The van der Waals surface area contributed by atoms with Crippen molar-refractivity contribution in [3.63, 3.8) is 0 Å². The molecule has 0 aliphatic carbocycles. The number of piperazine rings is 1. The van der Waals surface area contributed by atoms with Gasteiger partial charge in [-0.1, -0.05) is 0 Å². The zero-order chi connectivity index (χ0) is 13.2. The van der Waals surface area contributed by atoms with E-state index in [2.05, 4.69) is 24.1 Å². The fourth-order valence-electron chi connectivity index (χ4n) is 2.62. The summed E-state index contributed by atoms with van der Waals surface area (Å²) in [5, 5.41) is 3.38. The van der Waals surface area contributed by atoms with E-state index in [1.165, 1.54) is 0 Å². The second-order valence-electron chi connectivity index (χ2n) is 5.93. The lowest BCUT2D eigenvalue weighted by atomic mass is 10.0. The molecule has 0 radical (unpaired) electrons. The van der Waals surface area contributed by atoms with E-state index >= 15 is 0 Å². The molecule has 5 heteroatoms. The van der Waals surface area contributed by atoms with Crippen LogP contribution in [0, 0.1) is 0 Å². The summed E-state index contributed by atoms with van der Waals surface area (Å²) < 4.78 is 5.47. The van der Waals surface area contributed by atoms with E-state index in [-0.39, 0.29) is 17.6 Å². The highest BCUT2D eigenvalue weighted by Gasteiger charge is 2.32. The standard InChI is InChI=1S/C13H25N3O2/c1-11-8-15(6-7-18-11)12(17)9-16-5-4-14-10-13(16,2)3/h11,14H,4-10H2,1-3H3. The molecule has 104 valence electrons. The van der Waals surface area contributed by atoms with Gasteiger partial charge in [0.25, 0.3) is 0 Å². The second-order valence-corrected chi connectivity index (χ2v) is 5.93. The molecule has 0 bridgehead atoms. The van der Waals surface area contributed by atoms with Gasteiger partial charge in [0, 0.05) is 38.3 Å². The number of morpholine rings is 1. The van der Waals surface area contributed by atoms with Crippen LogP contribution in [0.5, 0.6) is 0 Å². The van der Waals surface area contributed by atoms with Gasteiger partial charge in [-0.3, -0.25) is 9.69 Å². The molecule has 1 atom stereocenters. The number of ether oxygens (including phenoxy) is 1. The number of carbonyl (C=O) groups excluding carboxylic acids is 1. The van der Waals surface area contributed by atoms with Crippen molar-refractivity contribution in [3.8, 4) is 0 Å². The predicted molar refractivity (Wildman–Crippen MR) is 70.5 cm³/mol. The van der Waals surface area contributed by atoms with Crippen LogP contribution in [-0.2, 0) is 9.53 Å². The highest BCUT2D eigenvalue weighted by atomic mass is 16.5. The lowest BCUT2D eigenvalue weighted by Gasteiger charge is -2.43. The van der Waals surface area contributed by atoms with Crippen LogP contribution in [0.2, 0.25) is 0 Å². The maximum atomic E-state index is 12.3. The molecule has 2 saturated heterocycles. The van der Waals surface area contributed by atoms with Crippen LogP contribution in [0.3, 0.4) is 0 Å². The minimum Gasteiger partial charge on any atom is -0.375 e. The van der Waals surface area contributed by atoms with Crippen molar-refractivity contribution in [3.05, 3.63) is 0 Å². The molecule has 0 aromatic heterocycles. The second kappa shape index (κ2) is 5.55. The summed E-state index contributed by atoms with van der Waals surface area (Å²) in [7, 11) is 0. The van der Waals surface area contributed by atoms with E-state index in [1.54, 1.807) is 0 Å². The first-order chi connectivity index (χ1) is 8.49. The molecule has 5 nitrogen and oxygen atoms in total. The van der Waals surface area contributed by atoms with Crippen LogP contribution >= 0.6 is 0 Å². The Kier molecular flexibility index (Phi) is 4.25. The molecule has 1 N–H and O–H groups in total. The van der Waals surface area contributed by atoms with Gasteiger partial charge in [0.05, 0.1) is 19.3 Å². The Morgan fingerprint density at radius 3 is 2.89 bits per heavy atom. The van der Waals surface area contributed by atoms with E-state index in [4.69, 9.17) is 4.74 Å². The first-order valence-electron chi connectivity index (χ1n) is 6.84. The Morgan fingerprint density at radius 1 is 1.44 bits per heavy atom. The van der Waals surface area contributed by atoms with E-state index in [9.17, 15) is 4.79 Å². The zero-order valence-corrected chi connectivity index (χ0v) is 11.7. The first kappa shape index (κ1) is 13.8. The van der Waals surface area contributed by atoms with Crippen molar-refractivity contribution in [1.29, 1.82) is 0 Å². The van der Waals surface area contributed by atoms with Crippen LogP contribution in [0.15, 0.2) is 0 Å². The Balaban J connectivity index is 1.89. The molecule has 0 saturated carbocycles. The minimum absolute atomic E-state index is 0.0613. The monoisotopic (exact) mass is 255 g/mol. The molecule has 18 heavy (non-hydrogen) atoms. The number of carbonyl (C=O) groups is 1. The number of nitrogens with one attached hydrogen (secondary N) is 1. The fraction of sp³-hybridized carbons (Fsp3) is 0.923. The van der Waals surface area contributed by atoms with Gasteiger partial charge in [-0.25, -0.2) is 0 Å². The summed E-state index contributed by atoms with van der Waals surface area (Å²) in [4.78, 5) is 16.5. The van der Waals surface area contributed by atoms with Gasteiger partial charge < -0.3 is 15.0 Å². The molecular weight excluding hydrogens is 230 g/mol. The van der Waals surface area contributed by atoms with Crippen LogP contribution in [-0.4, -0.2) is 73.2 Å². The molecular formula is C13H25N3O2. The highest BCUT2D eigenvalue weighted by molar-refractivity contribution is 5.78. The van der Waals surface area contributed by atoms with Gasteiger partial charge >= 0.3 is 0 Å². The molecule has 2 fully saturated rings. The number of amides is 1. The number of nitrogens with zero attached hydrogens (tertiary/aromatic N) is 2. The van der Waals surface area contributed by atoms with Crippen LogP contribution < -0.4 is 5.32 Å². The quantitative estimate of drug-likeness (QED) is 0.749. The molecule has 0 aromatic carbocycles. The average Bonchev–Trinajstić information content (AvgIpc) is 2.31. The summed E-state index contributed by atoms with van der Waals surface area (Å²) in [6.45, 7) is 11.9. The fourth-order valence-corrected chi connectivity index (χ4v) is 2.62. The Hall–Kier alpha value is -0.650. The zero-order valence-electron chi connectivity index (χ0n) is 11.7. The highest BCUT2D eigenvalue weighted by Crippen LogP contribution is 2.16. The topological polar surface area (TPSA) is 44.8 Å². The molecule has 2 aliphatic heterocycles. The third-order valence-electron chi connectivity index (χ3n) is 3.89. The molecule has 2 aliphatic rings. The third-order valence-corrected chi connectivity index (χ3v) is 3.89. The van der Waals surface area contributed by atoms with Crippen molar-refractivity contribution in [2.75, 3.05) is 45.9 Å². The van der Waals surface area contributed by atoms with Gasteiger partial charge in [-0.15, -0.1) is 0 Å². The van der Waals surface area contributed by atoms with E-state index in [0.717, 1.165) is 32.7 Å². The van der Waals surface area contributed by atoms with E-state index in [0.29, 0.717) is 13.2 Å². The summed E-state index contributed by atoms with van der Waals surface area (Å²) >= 11 is 0. The third kappa shape index (κ3) is 3.22. The summed E-state index contributed by atoms with van der Waals surface area (Å²) in [6.07, 6.45) is 0.165. The Labute approximate surface area is 109 Å². The largest absolute Gasteiger partial charge is 0.375 e. The number of hydrogen-bond donors (Lipinski definition) is 1. The van der Waals surface area contributed by atoms with Crippen LogP contribution in [0.25, 0.3) is 0 Å². The number of hydrogen-bond acceptors (Lipinski definition) is 4. The summed E-state index contributed by atoms with van der Waals surface area (Å²) in [6, 6.07) is 0. The molecule has 0 spiro atoms. The number of rotatable bonds is 2. The summed E-state index contributed by atoms with van der Waals surface area (Å²) in [5.41, 5.74) is 0.0613. The van der Waals surface area contributed by atoms with Gasteiger partial charge in [0.1, 0.15) is 0 Å². The van der Waals surface area contributed by atoms with Gasteiger partial charge in [-0.2, -0.15) is 0 Å². The van der Waals surface area contributed by atoms with Crippen molar-refractivity contribution >= 4 is 5.91 Å². The average molecular weight is 255 g/mol. The molecule has 2 heterocycles. The Bertz CT molecular complexity index is 307. The summed E-state index contributed by atoms with van der Waals surface area (Å²) in [5.74, 6) is 0.236. The first-order valence-corrected chi connectivity index (χ1v) is 6.84. The lowest BCUT2D eigenvalue weighted by Crippen LogP contribution is -2.60. The van der Waals surface area contributed by atoms with Crippen molar-refractivity contribution in [2.45, 2.75) is 32.4 Å². The SMILES string of the molecule is CC1CN(C(=O)CN2CCNCC2(C)C)CCO1. The van der Waals surface area contributed by atoms with E-state index < -0.39 is 0 Å². The lowest BCUT2D eigenvalue weighted by molar-refractivity contribution is -0.141. The predicted octanol–water partition coefficient (Wildman–Crippen LogP) is -0.0825. The van der Waals surface area contributed by atoms with Gasteiger partial charge in [0.2, 0.25) is 5.91 Å². The van der Waals surface area contributed by atoms with Gasteiger partial charge in [0.15, 0.2) is 0 Å². The van der Waals surface area contributed by atoms with Crippen molar-refractivity contribution < 1.29 is 9.53 Å². The van der Waals surface area contributed by atoms with Crippen LogP contribution in [0.4, 0.5) is 0 Å². The minimum atomic E-state index is 0.0613. The normalized spacial score (nSPS) is 29.3. The van der Waals surface area contributed by atoms with E-state index in [1.807, 2.05) is 11.8 Å².